The number of rotatable bonds is 5. The molecule has 96 valence electrons. The molecule has 0 aliphatic carbocycles. The summed E-state index contributed by atoms with van der Waals surface area (Å²) >= 11 is 3.46. The second-order valence-electron chi connectivity index (χ2n) is 3.60. The summed E-state index contributed by atoms with van der Waals surface area (Å²) in [6.07, 6.45) is 3.17. The van der Waals surface area contributed by atoms with E-state index in [2.05, 4.69) is 46.6 Å². The van der Waals surface area contributed by atoms with Crippen LogP contribution in [0.1, 0.15) is 12.7 Å². The Morgan fingerprint density at radius 1 is 1.22 bits per heavy atom. The molecule has 2 N–H and O–H groups in total. The highest BCUT2D eigenvalue weighted by molar-refractivity contribution is 9.10. The zero-order valence-corrected chi connectivity index (χ0v) is 11.8. The molecule has 0 saturated carbocycles. The predicted octanol–water partition coefficient (Wildman–Crippen LogP) is 1.41. The van der Waals surface area contributed by atoms with Gasteiger partial charge >= 0.3 is 0 Å². The Bertz CT molecular complexity index is 525. The van der Waals surface area contributed by atoms with E-state index in [0.717, 1.165) is 16.8 Å². The van der Waals surface area contributed by atoms with Gasteiger partial charge in [0, 0.05) is 13.6 Å². The van der Waals surface area contributed by atoms with Crippen LogP contribution in [0, 0.1) is 0 Å². The van der Waals surface area contributed by atoms with Crippen molar-refractivity contribution in [3.8, 4) is 0 Å². The third-order valence-corrected chi connectivity index (χ3v) is 2.95. The molecule has 0 bridgehead atoms. The fraction of sp³-hybridized carbons (Fsp3) is 0.400. The molecule has 0 radical (unpaired) electrons. The van der Waals surface area contributed by atoms with Crippen molar-refractivity contribution in [1.82, 2.24) is 24.7 Å². The summed E-state index contributed by atoms with van der Waals surface area (Å²) in [4.78, 5) is 12.4. The molecule has 0 aromatic carbocycles. The van der Waals surface area contributed by atoms with Crippen LogP contribution in [0.2, 0.25) is 0 Å². The largest absolute Gasteiger partial charge is 0.369 e. The fourth-order valence-corrected chi connectivity index (χ4v) is 1.90. The fourth-order valence-electron chi connectivity index (χ4n) is 1.41. The number of halogens is 1. The lowest BCUT2D eigenvalue weighted by Gasteiger charge is -2.09. The van der Waals surface area contributed by atoms with Gasteiger partial charge in [0.2, 0.25) is 0 Å². The van der Waals surface area contributed by atoms with Crippen LogP contribution in [0.5, 0.6) is 0 Å². The highest BCUT2D eigenvalue weighted by atomic mass is 79.9. The van der Waals surface area contributed by atoms with Gasteiger partial charge in [0.05, 0.1) is 6.54 Å². The molecular weight excluding hydrogens is 298 g/mol. The molecule has 18 heavy (non-hydrogen) atoms. The molecule has 7 nitrogen and oxygen atoms in total. The van der Waals surface area contributed by atoms with Crippen molar-refractivity contribution < 1.29 is 0 Å². The van der Waals surface area contributed by atoms with Crippen LogP contribution in [-0.4, -0.2) is 31.3 Å². The topological polar surface area (TPSA) is 80.5 Å². The quantitative estimate of drug-likeness (QED) is 0.869. The maximum absolute atomic E-state index is 4.18. The monoisotopic (exact) mass is 311 g/mol. The first-order valence-electron chi connectivity index (χ1n) is 5.53. The van der Waals surface area contributed by atoms with E-state index in [9.17, 15) is 0 Å². The average Bonchev–Trinajstić information content (AvgIpc) is 2.77. The Hall–Kier alpha value is -1.70. The van der Waals surface area contributed by atoms with Gasteiger partial charge in [-0.2, -0.15) is 5.10 Å². The van der Waals surface area contributed by atoms with Gasteiger partial charge in [-0.05, 0) is 22.9 Å². The van der Waals surface area contributed by atoms with Gasteiger partial charge in [0.25, 0.3) is 0 Å². The van der Waals surface area contributed by atoms with Crippen molar-refractivity contribution in [3.63, 3.8) is 0 Å². The van der Waals surface area contributed by atoms with Gasteiger partial charge in [0.15, 0.2) is 5.82 Å². The molecule has 0 spiro atoms. The average molecular weight is 312 g/mol. The Kier molecular flexibility index (Phi) is 4.08. The van der Waals surface area contributed by atoms with E-state index >= 15 is 0 Å². The summed E-state index contributed by atoms with van der Waals surface area (Å²) in [5, 5.41) is 10.5. The van der Waals surface area contributed by atoms with Crippen molar-refractivity contribution in [1.29, 1.82) is 0 Å². The zero-order valence-electron chi connectivity index (χ0n) is 10.2. The van der Waals surface area contributed by atoms with Gasteiger partial charge in [-0.3, -0.25) is 4.68 Å². The van der Waals surface area contributed by atoms with E-state index in [-0.39, 0.29) is 0 Å². The molecule has 2 heterocycles. The van der Waals surface area contributed by atoms with Crippen LogP contribution in [-0.2, 0) is 13.6 Å². The molecule has 0 unspecified atom stereocenters. The first-order chi connectivity index (χ1) is 8.70. The van der Waals surface area contributed by atoms with Gasteiger partial charge < -0.3 is 10.6 Å². The standard InChI is InChI=1S/C10H14BrN7/c1-3-12-9-8(11)10(15-5-14-9)13-4-7-16-6-18(2)17-7/h5-6H,3-4H2,1-2H3,(H2,12,13,14,15). The molecule has 0 amide bonds. The van der Waals surface area contributed by atoms with Gasteiger partial charge in [-0.1, -0.05) is 0 Å². The summed E-state index contributed by atoms with van der Waals surface area (Å²) in [5.74, 6) is 2.20. The van der Waals surface area contributed by atoms with Crippen molar-refractivity contribution >= 4 is 27.6 Å². The van der Waals surface area contributed by atoms with Crippen LogP contribution in [0.4, 0.5) is 11.6 Å². The van der Waals surface area contributed by atoms with E-state index in [1.807, 2.05) is 14.0 Å². The van der Waals surface area contributed by atoms with Crippen LogP contribution in [0.25, 0.3) is 0 Å². The molecule has 0 saturated heterocycles. The molecule has 8 heteroatoms. The van der Waals surface area contributed by atoms with Gasteiger partial charge in [0.1, 0.15) is 28.8 Å². The third kappa shape index (κ3) is 2.95. The van der Waals surface area contributed by atoms with E-state index in [4.69, 9.17) is 0 Å². The summed E-state index contributed by atoms with van der Waals surface area (Å²) in [7, 11) is 1.83. The minimum absolute atomic E-state index is 0.516. The molecular formula is C10H14BrN7. The molecule has 0 aliphatic rings. The second kappa shape index (κ2) is 5.76. The van der Waals surface area contributed by atoms with Gasteiger partial charge in [-0.15, -0.1) is 0 Å². The Morgan fingerprint density at radius 2 is 1.94 bits per heavy atom. The maximum atomic E-state index is 4.18. The van der Waals surface area contributed by atoms with E-state index in [1.54, 1.807) is 11.0 Å². The highest BCUT2D eigenvalue weighted by Gasteiger charge is 2.08. The Morgan fingerprint density at radius 3 is 2.56 bits per heavy atom. The summed E-state index contributed by atoms with van der Waals surface area (Å²) < 4.78 is 2.47. The number of hydrogen-bond acceptors (Lipinski definition) is 6. The summed E-state index contributed by atoms with van der Waals surface area (Å²) in [5.41, 5.74) is 0. The molecule has 0 fully saturated rings. The lowest BCUT2D eigenvalue weighted by atomic mass is 10.5. The number of aryl methyl sites for hydroxylation is 1. The second-order valence-corrected chi connectivity index (χ2v) is 4.40. The molecule has 2 rings (SSSR count). The zero-order chi connectivity index (χ0) is 13.0. The number of hydrogen-bond donors (Lipinski definition) is 2. The summed E-state index contributed by atoms with van der Waals surface area (Å²) in [6.45, 7) is 3.33. The number of anilines is 2. The van der Waals surface area contributed by atoms with Crippen LogP contribution < -0.4 is 10.6 Å². The lowest BCUT2D eigenvalue weighted by Crippen LogP contribution is -2.07. The molecule has 2 aromatic heterocycles. The first kappa shape index (κ1) is 12.7. The smallest absolute Gasteiger partial charge is 0.169 e. The van der Waals surface area contributed by atoms with Gasteiger partial charge in [-0.25, -0.2) is 15.0 Å². The number of nitrogens with zero attached hydrogens (tertiary/aromatic N) is 5. The Balaban J connectivity index is 2.07. The number of aromatic nitrogens is 5. The maximum Gasteiger partial charge on any atom is 0.169 e. The van der Waals surface area contributed by atoms with E-state index in [0.29, 0.717) is 18.2 Å². The van der Waals surface area contributed by atoms with E-state index in [1.165, 1.54) is 6.33 Å². The minimum Gasteiger partial charge on any atom is -0.369 e. The molecule has 2 aromatic rings. The van der Waals surface area contributed by atoms with Crippen molar-refractivity contribution in [2.24, 2.45) is 7.05 Å². The third-order valence-electron chi connectivity index (χ3n) is 2.19. The minimum atomic E-state index is 0.516. The SMILES string of the molecule is CCNc1ncnc(NCc2ncn(C)n2)c1Br. The van der Waals surface area contributed by atoms with Crippen LogP contribution >= 0.6 is 15.9 Å². The number of nitrogens with one attached hydrogen (secondary N) is 2. The Labute approximate surface area is 113 Å². The molecule has 0 atom stereocenters. The highest BCUT2D eigenvalue weighted by Crippen LogP contribution is 2.26. The normalized spacial score (nSPS) is 10.4. The van der Waals surface area contributed by atoms with E-state index < -0.39 is 0 Å². The summed E-state index contributed by atoms with van der Waals surface area (Å²) in [6, 6.07) is 0. The van der Waals surface area contributed by atoms with Crippen LogP contribution in [0.15, 0.2) is 17.1 Å². The van der Waals surface area contributed by atoms with Crippen molar-refractivity contribution in [2.75, 3.05) is 17.2 Å². The van der Waals surface area contributed by atoms with Crippen LogP contribution in [0.3, 0.4) is 0 Å². The first-order valence-corrected chi connectivity index (χ1v) is 6.32. The lowest BCUT2D eigenvalue weighted by molar-refractivity contribution is 0.747. The van der Waals surface area contributed by atoms with Crippen molar-refractivity contribution in [2.45, 2.75) is 13.5 Å². The molecule has 0 aliphatic heterocycles. The predicted molar refractivity (Wildman–Crippen MR) is 72.2 cm³/mol. The van der Waals surface area contributed by atoms with Crippen molar-refractivity contribution in [3.05, 3.63) is 23.0 Å².